The van der Waals surface area contributed by atoms with Gasteiger partial charge in [0.2, 0.25) is 0 Å². The SMILES string of the molecule is CCOC(=O)/C(=C/c1ccc(OCC)c(OCC)c1)NC(=O)c1ccccc1. The highest BCUT2D eigenvalue weighted by Crippen LogP contribution is 2.29. The summed E-state index contributed by atoms with van der Waals surface area (Å²) in [5.74, 6) is 0.178. The summed E-state index contributed by atoms with van der Waals surface area (Å²) in [6.45, 7) is 6.66. The molecule has 1 amide bonds. The normalized spacial score (nSPS) is 10.9. The van der Waals surface area contributed by atoms with E-state index in [1.807, 2.05) is 19.9 Å². The van der Waals surface area contributed by atoms with Crippen molar-refractivity contribution < 1.29 is 23.8 Å². The first-order chi connectivity index (χ1) is 13.6. The second-order valence-electron chi connectivity index (χ2n) is 5.67. The average molecular weight is 383 g/mol. The number of carbonyl (C=O) groups is 2. The third-order valence-corrected chi connectivity index (χ3v) is 3.66. The Balaban J connectivity index is 2.34. The minimum atomic E-state index is -0.612. The van der Waals surface area contributed by atoms with Gasteiger partial charge in [-0.05, 0) is 56.7 Å². The van der Waals surface area contributed by atoms with Crippen molar-refractivity contribution in [1.29, 1.82) is 0 Å². The van der Waals surface area contributed by atoms with Crippen LogP contribution in [-0.4, -0.2) is 31.7 Å². The predicted molar refractivity (Wildman–Crippen MR) is 107 cm³/mol. The summed E-state index contributed by atoms with van der Waals surface area (Å²) in [5, 5.41) is 2.63. The van der Waals surface area contributed by atoms with Gasteiger partial charge in [-0.3, -0.25) is 4.79 Å². The van der Waals surface area contributed by atoms with Gasteiger partial charge in [0.1, 0.15) is 5.70 Å². The molecule has 0 bridgehead atoms. The van der Waals surface area contributed by atoms with Crippen molar-refractivity contribution in [2.75, 3.05) is 19.8 Å². The molecule has 0 atom stereocenters. The van der Waals surface area contributed by atoms with Crippen molar-refractivity contribution >= 4 is 18.0 Å². The molecule has 0 unspecified atom stereocenters. The van der Waals surface area contributed by atoms with Gasteiger partial charge in [-0.15, -0.1) is 0 Å². The highest BCUT2D eigenvalue weighted by molar-refractivity contribution is 6.03. The van der Waals surface area contributed by atoms with E-state index in [2.05, 4.69) is 5.32 Å². The van der Waals surface area contributed by atoms with E-state index >= 15 is 0 Å². The Kier molecular flexibility index (Phi) is 8.09. The number of rotatable bonds is 9. The molecule has 148 valence electrons. The molecular formula is C22H25NO5. The first kappa shape index (κ1) is 21.0. The summed E-state index contributed by atoms with van der Waals surface area (Å²) in [5.41, 5.74) is 1.16. The predicted octanol–water partition coefficient (Wildman–Crippen LogP) is 3.82. The van der Waals surface area contributed by atoms with Crippen molar-refractivity contribution in [1.82, 2.24) is 5.32 Å². The first-order valence-corrected chi connectivity index (χ1v) is 9.23. The third-order valence-electron chi connectivity index (χ3n) is 3.66. The van der Waals surface area contributed by atoms with Crippen LogP contribution < -0.4 is 14.8 Å². The number of esters is 1. The lowest BCUT2D eigenvalue weighted by atomic mass is 10.1. The molecule has 28 heavy (non-hydrogen) atoms. The molecule has 2 aromatic carbocycles. The minimum absolute atomic E-state index is 0.0438. The Morgan fingerprint density at radius 2 is 1.57 bits per heavy atom. The molecule has 0 aromatic heterocycles. The van der Waals surface area contributed by atoms with Crippen LogP contribution in [0.5, 0.6) is 11.5 Å². The second-order valence-corrected chi connectivity index (χ2v) is 5.67. The molecule has 1 N–H and O–H groups in total. The highest BCUT2D eigenvalue weighted by Gasteiger charge is 2.16. The van der Waals surface area contributed by atoms with Crippen LogP contribution in [0.25, 0.3) is 6.08 Å². The van der Waals surface area contributed by atoms with Crippen LogP contribution in [0.1, 0.15) is 36.7 Å². The van der Waals surface area contributed by atoms with E-state index in [4.69, 9.17) is 14.2 Å². The van der Waals surface area contributed by atoms with E-state index in [1.54, 1.807) is 55.5 Å². The molecule has 6 nitrogen and oxygen atoms in total. The average Bonchev–Trinajstić information content (AvgIpc) is 2.70. The fourth-order valence-electron chi connectivity index (χ4n) is 2.46. The molecule has 0 spiro atoms. The largest absolute Gasteiger partial charge is 0.490 e. The van der Waals surface area contributed by atoms with Crippen LogP contribution >= 0.6 is 0 Å². The maximum Gasteiger partial charge on any atom is 0.354 e. The molecule has 0 heterocycles. The highest BCUT2D eigenvalue weighted by atomic mass is 16.5. The van der Waals surface area contributed by atoms with Crippen molar-refractivity contribution in [3.63, 3.8) is 0 Å². The Morgan fingerprint density at radius 1 is 0.893 bits per heavy atom. The standard InChI is InChI=1S/C22H25NO5/c1-4-26-19-13-12-16(15-20(19)27-5-2)14-18(22(25)28-6-3)23-21(24)17-10-8-7-9-11-17/h7-15H,4-6H2,1-3H3,(H,23,24)/b18-14-. The minimum Gasteiger partial charge on any atom is -0.490 e. The molecule has 0 fully saturated rings. The zero-order valence-corrected chi connectivity index (χ0v) is 16.4. The molecular weight excluding hydrogens is 358 g/mol. The lowest BCUT2D eigenvalue weighted by molar-refractivity contribution is -0.138. The van der Waals surface area contributed by atoms with Gasteiger partial charge in [0, 0.05) is 5.56 Å². The fourth-order valence-corrected chi connectivity index (χ4v) is 2.46. The van der Waals surface area contributed by atoms with Crippen molar-refractivity contribution in [3.8, 4) is 11.5 Å². The van der Waals surface area contributed by atoms with Gasteiger partial charge in [-0.2, -0.15) is 0 Å². The van der Waals surface area contributed by atoms with Crippen molar-refractivity contribution in [3.05, 3.63) is 65.4 Å². The van der Waals surface area contributed by atoms with Crippen molar-refractivity contribution in [2.24, 2.45) is 0 Å². The molecule has 2 rings (SSSR count). The summed E-state index contributed by atoms with van der Waals surface area (Å²) in [7, 11) is 0. The van der Waals surface area contributed by atoms with Gasteiger partial charge in [-0.25, -0.2) is 4.79 Å². The summed E-state index contributed by atoms with van der Waals surface area (Å²) in [6.07, 6.45) is 1.55. The Bertz CT molecular complexity index is 830. The van der Waals surface area contributed by atoms with E-state index in [9.17, 15) is 9.59 Å². The Morgan fingerprint density at radius 3 is 2.21 bits per heavy atom. The van der Waals surface area contributed by atoms with E-state index in [1.165, 1.54) is 0 Å². The molecule has 0 saturated heterocycles. The number of hydrogen-bond acceptors (Lipinski definition) is 5. The summed E-state index contributed by atoms with van der Waals surface area (Å²) in [6, 6.07) is 14.0. The number of amides is 1. The maximum atomic E-state index is 12.5. The van der Waals surface area contributed by atoms with Gasteiger partial charge in [-0.1, -0.05) is 24.3 Å². The molecule has 0 aliphatic rings. The van der Waals surface area contributed by atoms with Gasteiger partial charge < -0.3 is 19.5 Å². The number of carbonyl (C=O) groups excluding carboxylic acids is 2. The van der Waals surface area contributed by atoms with Crippen LogP contribution in [0.4, 0.5) is 0 Å². The zero-order valence-electron chi connectivity index (χ0n) is 16.4. The lowest BCUT2D eigenvalue weighted by Gasteiger charge is -2.13. The van der Waals surface area contributed by atoms with E-state index in [-0.39, 0.29) is 12.3 Å². The van der Waals surface area contributed by atoms with Crippen LogP contribution in [0.15, 0.2) is 54.2 Å². The molecule has 0 saturated carbocycles. The molecule has 2 aromatic rings. The van der Waals surface area contributed by atoms with Crippen LogP contribution in [0, 0.1) is 0 Å². The van der Waals surface area contributed by atoms with E-state index in [0.717, 1.165) is 0 Å². The number of ether oxygens (including phenoxy) is 3. The van der Waals surface area contributed by atoms with Crippen molar-refractivity contribution in [2.45, 2.75) is 20.8 Å². The smallest absolute Gasteiger partial charge is 0.354 e. The summed E-state index contributed by atoms with van der Waals surface area (Å²) < 4.78 is 16.2. The maximum absolute atomic E-state index is 12.5. The van der Waals surface area contributed by atoms with Crippen LogP contribution in [-0.2, 0) is 9.53 Å². The first-order valence-electron chi connectivity index (χ1n) is 9.23. The molecule has 0 aliphatic carbocycles. The van der Waals surface area contributed by atoms with Gasteiger partial charge in [0.25, 0.3) is 5.91 Å². The Hall–Kier alpha value is -3.28. The third kappa shape index (κ3) is 5.87. The number of benzene rings is 2. The molecule has 0 radical (unpaired) electrons. The fraction of sp³-hybridized carbons (Fsp3) is 0.273. The zero-order chi connectivity index (χ0) is 20.4. The number of hydrogen-bond donors (Lipinski definition) is 1. The number of nitrogens with one attached hydrogen (secondary N) is 1. The topological polar surface area (TPSA) is 73.9 Å². The lowest BCUT2D eigenvalue weighted by Crippen LogP contribution is -2.28. The monoisotopic (exact) mass is 383 g/mol. The molecule has 0 aliphatic heterocycles. The van der Waals surface area contributed by atoms with Gasteiger partial charge >= 0.3 is 5.97 Å². The summed E-state index contributed by atoms with van der Waals surface area (Å²) in [4.78, 5) is 24.8. The van der Waals surface area contributed by atoms with E-state index < -0.39 is 11.9 Å². The molecule has 6 heteroatoms. The van der Waals surface area contributed by atoms with Crippen LogP contribution in [0.3, 0.4) is 0 Å². The van der Waals surface area contributed by atoms with Gasteiger partial charge in [0.05, 0.1) is 19.8 Å². The van der Waals surface area contributed by atoms with Gasteiger partial charge in [0.15, 0.2) is 11.5 Å². The Labute approximate surface area is 165 Å². The second kappa shape index (κ2) is 10.8. The quantitative estimate of drug-likeness (QED) is 0.526. The summed E-state index contributed by atoms with van der Waals surface area (Å²) >= 11 is 0. The van der Waals surface area contributed by atoms with E-state index in [0.29, 0.717) is 35.8 Å². The van der Waals surface area contributed by atoms with Crippen LogP contribution in [0.2, 0.25) is 0 Å².